The Bertz CT molecular complexity index is 484. The van der Waals surface area contributed by atoms with Gasteiger partial charge in [0.05, 0.1) is 10.7 Å². The van der Waals surface area contributed by atoms with E-state index < -0.39 is 0 Å². The number of nitrogens with zero attached hydrogens (tertiary/aromatic N) is 2. The van der Waals surface area contributed by atoms with Crippen molar-refractivity contribution >= 4 is 23.2 Å². The average molecular weight is 296 g/mol. The predicted octanol–water partition coefficient (Wildman–Crippen LogP) is 2.48. The second-order valence-electron chi connectivity index (χ2n) is 5.32. The highest BCUT2D eigenvalue weighted by atomic mass is 35.5. The summed E-state index contributed by atoms with van der Waals surface area (Å²) in [4.78, 5) is 16.7. The minimum atomic E-state index is 0.0170. The summed E-state index contributed by atoms with van der Waals surface area (Å²) in [5.41, 5.74) is 6.82. The van der Waals surface area contributed by atoms with Crippen molar-refractivity contribution in [1.29, 1.82) is 0 Å². The first-order valence-electron chi connectivity index (χ1n) is 7.07. The smallest absolute Gasteiger partial charge is 0.253 e. The van der Waals surface area contributed by atoms with Crippen molar-refractivity contribution in [3.63, 3.8) is 0 Å². The molecule has 0 unspecified atom stereocenters. The third-order valence-electron chi connectivity index (χ3n) is 4.12. The van der Waals surface area contributed by atoms with E-state index in [4.69, 9.17) is 17.3 Å². The SMILES string of the molecule is CCN1CCC(N(C)C(=O)c2ccc(Cl)c(N)c2)CC1. The average Bonchev–Trinajstić information content (AvgIpc) is 2.48. The molecular weight excluding hydrogens is 274 g/mol. The van der Waals surface area contributed by atoms with Crippen LogP contribution in [-0.4, -0.2) is 48.4 Å². The maximum absolute atomic E-state index is 12.5. The summed E-state index contributed by atoms with van der Waals surface area (Å²) in [6.45, 7) is 5.37. The summed E-state index contributed by atoms with van der Waals surface area (Å²) in [5, 5.41) is 0.487. The lowest BCUT2D eigenvalue weighted by molar-refractivity contribution is 0.0647. The molecule has 1 saturated heterocycles. The van der Waals surface area contributed by atoms with Crippen LogP contribution < -0.4 is 5.73 Å². The number of rotatable bonds is 3. The van der Waals surface area contributed by atoms with E-state index in [9.17, 15) is 4.79 Å². The van der Waals surface area contributed by atoms with Crippen LogP contribution in [0, 0.1) is 0 Å². The summed E-state index contributed by atoms with van der Waals surface area (Å²) < 4.78 is 0. The van der Waals surface area contributed by atoms with E-state index in [2.05, 4.69) is 11.8 Å². The molecule has 20 heavy (non-hydrogen) atoms. The van der Waals surface area contributed by atoms with Crippen molar-refractivity contribution in [3.05, 3.63) is 28.8 Å². The van der Waals surface area contributed by atoms with Crippen LogP contribution in [0.2, 0.25) is 5.02 Å². The fraction of sp³-hybridized carbons (Fsp3) is 0.533. The number of likely N-dealkylation sites (tertiary alicyclic amines) is 1. The monoisotopic (exact) mass is 295 g/mol. The molecule has 5 heteroatoms. The zero-order valence-corrected chi connectivity index (χ0v) is 12.9. The molecule has 0 spiro atoms. The van der Waals surface area contributed by atoms with Gasteiger partial charge in [-0.1, -0.05) is 18.5 Å². The largest absolute Gasteiger partial charge is 0.398 e. The summed E-state index contributed by atoms with van der Waals surface area (Å²) >= 11 is 5.89. The molecule has 2 rings (SSSR count). The number of nitrogen functional groups attached to an aromatic ring is 1. The Morgan fingerprint density at radius 2 is 2.10 bits per heavy atom. The highest BCUT2D eigenvalue weighted by Gasteiger charge is 2.25. The number of carbonyl (C=O) groups is 1. The molecule has 0 bridgehead atoms. The van der Waals surface area contributed by atoms with Gasteiger partial charge in [-0.05, 0) is 37.6 Å². The fourth-order valence-electron chi connectivity index (χ4n) is 2.67. The summed E-state index contributed by atoms with van der Waals surface area (Å²) in [6.07, 6.45) is 2.05. The van der Waals surface area contributed by atoms with Gasteiger partial charge in [0.2, 0.25) is 0 Å². The Morgan fingerprint density at radius 1 is 1.45 bits per heavy atom. The van der Waals surface area contributed by atoms with Crippen LogP contribution >= 0.6 is 11.6 Å². The zero-order chi connectivity index (χ0) is 14.7. The van der Waals surface area contributed by atoms with E-state index in [-0.39, 0.29) is 5.91 Å². The summed E-state index contributed by atoms with van der Waals surface area (Å²) in [6, 6.07) is 5.38. The van der Waals surface area contributed by atoms with Crippen molar-refractivity contribution in [2.45, 2.75) is 25.8 Å². The van der Waals surface area contributed by atoms with Crippen LogP contribution in [0.3, 0.4) is 0 Å². The van der Waals surface area contributed by atoms with Crippen molar-refractivity contribution < 1.29 is 4.79 Å². The Labute approximate surface area is 125 Å². The number of nitrogens with two attached hydrogens (primary N) is 1. The highest BCUT2D eigenvalue weighted by Crippen LogP contribution is 2.22. The quantitative estimate of drug-likeness (QED) is 0.872. The van der Waals surface area contributed by atoms with Crippen LogP contribution in [0.4, 0.5) is 5.69 Å². The van der Waals surface area contributed by atoms with Crippen LogP contribution in [0.5, 0.6) is 0 Å². The van der Waals surface area contributed by atoms with Crippen LogP contribution in [0.1, 0.15) is 30.1 Å². The molecule has 1 heterocycles. The third-order valence-corrected chi connectivity index (χ3v) is 4.46. The van der Waals surface area contributed by atoms with Gasteiger partial charge in [-0.2, -0.15) is 0 Å². The maximum Gasteiger partial charge on any atom is 0.253 e. The van der Waals surface area contributed by atoms with Gasteiger partial charge in [0.15, 0.2) is 0 Å². The van der Waals surface area contributed by atoms with Crippen LogP contribution in [0.15, 0.2) is 18.2 Å². The van der Waals surface area contributed by atoms with E-state index in [1.807, 2.05) is 11.9 Å². The van der Waals surface area contributed by atoms with E-state index in [1.165, 1.54) is 0 Å². The first-order valence-corrected chi connectivity index (χ1v) is 7.45. The van der Waals surface area contributed by atoms with Gasteiger partial charge in [-0.3, -0.25) is 4.79 Å². The van der Waals surface area contributed by atoms with Gasteiger partial charge < -0.3 is 15.5 Å². The highest BCUT2D eigenvalue weighted by molar-refractivity contribution is 6.33. The fourth-order valence-corrected chi connectivity index (χ4v) is 2.79. The molecule has 0 aliphatic carbocycles. The first kappa shape index (κ1) is 15.1. The summed E-state index contributed by atoms with van der Waals surface area (Å²) in [7, 11) is 1.87. The molecule has 0 aromatic heterocycles. The zero-order valence-electron chi connectivity index (χ0n) is 12.1. The van der Waals surface area contributed by atoms with Crippen molar-refractivity contribution in [1.82, 2.24) is 9.80 Å². The van der Waals surface area contributed by atoms with E-state index in [0.29, 0.717) is 22.3 Å². The minimum absolute atomic E-state index is 0.0170. The number of halogens is 1. The topological polar surface area (TPSA) is 49.6 Å². The van der Waals surface area contributed by atoms with E-state index in [1.54, 1.807) is 18.2 Å². The lowest BCUT2D eigenvalue weighted by Gasteiger charge is -2.36. The van der Waals surface area contributed by atoms with E-state index >= 15 is 0 Å². The van der Waals surface area contributed by atoms with Crippen molar-refractivity contribution in [2.75, 3.05) is 32.4 Å². The van der Waals surface area contributed by atoms with Gasteiger partial charge >= 0.3 is 0 Å². The number of piperidine rings is 1. The Hall–Kier alpha value is -1.26. The molecule has 1 fully saturated rings. The number of anilines is 1. The molecule has 0 saturated carbocycles. The van der Waals surface area contributed by atoms with Crippen LogP contribution in [0.25, 0.3) is 0 Å². The molecule has 1 aromatic rings. The molecule has 1 amide bonds. The normalized spacial score (nSPS) is 17.1. The summed E-state index contributed by atoms with van der Waals surface area (Å²) in [5.74, 6) is 0.0170. The molecular formula is C15H22ClN3O. The Balaban J connectivity index is 2.03. The number of amides is 1. The number of hydrogen-bond acceptors (Lipinski definition) is 3. The lowest BCUT2D eigenvalue weighted by Crippen LogP contribution is -2.45. The molecule has 2 N–H and O–H groups in total. The third kappa shape index (κ3) is 3.25. The molecule has 110 valence electrons. The van der Waals surface area contributed by atoms with Crippen molar-refractivity contribution in [3.8, 4) is 0 Å². The molecule has 1 aliphatic rings. The molecule has 0 radical (unpaired) electrons. The van der Waals surface area contributed by atoms with E-state index in [0.717, 1.165) is 32.5 Å². The van der Waals surface area contributed by atoms with Gasteiger partial charge in [-0.25, -0.2) is 0 Å². The predicted molar refractivity (Wildman–Crippen MR) is 83.1 cm³/mol. The molecule has 1 aromatic carbocycles. The Morgan fingerprint density at radius 3 is 2.65 bits per heavy atom. The van der Waals surface area contributed by atoms with Crippen LogP contribution in [-0.2, 0) is 0 Å². The first-order chi connectivity index (χ1) is 9.52. The molecule has 4 nitrogen and oxygen atoms in total. The van der Waals surface area contributed by atoms with Gasteiger partial charge in [0.25, 0.3) is 5.91 Å². The second-order valence-corrected chi connectivity index (χ2v) is 5.72. The standard InChI is InChI=1S/C15H22ClN3O/c1-3-19-8-6-12(7-9-19)18(2)15(20)11-4-5-13(16)14(17)10-11/h4-5,10,12H,3,6-9,17H2,1-2H3. The van der Waals surface area contributed by atoms with Gasteiger partial charge in [-0.15, -0.1) is 0 Å². The number of benzene rings is 1. The van der Waals surface area contributed by atoms with Gasteiger partial charge in [0.1, 0.15) is 0 Å². The second kappa shape index (κ2) is 6.46. The molecule has 0 atom stereocenters. The van der Waals surface area contributed by atoms with Crippen molar-refractivity contribution in [2.24, 2.45) is 0 Å². The van der Waals surface area contributed by atoms with Gasteiger partial charge in [0, 0.05) is 31.7 Å². The molecule has 1 aliphatic heterocycles. The number of hydrogen-bond donors (Lipinski definition) is 1. The maximum atomic E-state index is 12.5. The number of carbonyl (C=O) groups excluding carboxylic acids is 1. The Kier molecular flexibility index (Phi) is 4.89. The minimum Gasteiger partial charge on any atom is -0.398 e. The lowest BCUT2D eigenvalue weighted by atomic mass is 10.0.